The lowest BCUT2D eigenvalue weighted by Crippen LogP contribution is -2.43. The molecule has 0 amide bonds. The molecule has 1 aliphatic rings. The van der Waals surface area contributed by atoms with Gasteiger partial charge in [-0.25, -0.2) is 9.32 Å². The van der Waals surface area contributed by atoms with E-state index >= 15 is 0 Å². The largest absolute Gasteiger partial charge is 0.750 e. The van der Waals surface area contributed by atoms with Crippen LogP contribution in [0.4, 0.5) is 0 Å². The first kappa shape index (κ1) is 31.5. The van der Waals surface area contributed by atoms with Crippen LogP contribution in [0.1, 0.15) is 39.5 Å². The van der Waals surface area contributed by atoms with Gasteiger partial charge in [-0.3, -0.25) is 19.1 Å². The van der Waals surface area contributed by atoms with Crippen molar-refractivity contribution in [3.63, 3.8) is 0 Å². The molecule has 0 aliphatic carbocycles. The van der Waals surface area contributed by atoms with Gasteiger partial charge < -0.3 is 15.2 Å². The van der Waals surface area contributed by atoms with Crippen LogP contribution in [-0.2, 0) is 23.4 Å². The van der Waals surface area contributed by atoms with Crippen molar-refractivity contribution in [2.24, 2.45) is 5.73 Å². The molecule has 12 heteroatoms. The van der Waals surface area contributed by atoms with Crippen LogP contribution in [0.3, 0.4) is 0 Å². The highest BCUT2D eigenvalue weighted by Gasteiger charge is 2.28. The van der Waals surface area contributed by atoms with E-state index in [-0.39, 0.29) is 18.7 Å². The smallest absolute Gasteiger partial charge is 0.462 e. The molecule has 1 aromatic heterocycles. The maximum atomic E-state index is 11.9. The number of carbonyl (C=O) groups excluding carboxylic acids is 1. The molecule has 3 unspecified atom stereocenters. The Bertz CT molecular complexity index is 1200. The maximum Gasteiger partial charge on any atom is 0.750 e. The summed E-state index contributed by atoms with van der Waals surface area (Å²) in [6.45, 7) is 8.44. The van der Waals surface area contributed by atoms with E-state index in [1.54, 1.807) is 71.0 Å². The van der Waals surface area contributed by atoms with Gasteiger partial charge in [0.1, 0.15) is 18.2 Å². The van der Waals surface area contributed by atoms with Crippen LogP contribution in [0.2, 0.25) is 0 Å². The normalized spacial score (nSPS) is 16.6. The quantitative estimate of drug-likeness (QED) is 0.225. The van der Waals surface area contributed by atoms with Crippen LogP contribution in [0, 0.1) is 19.8 Å². The molecule has 0 radical (unpaired) electrons. The molecule has 2 heterocycles. The fourth-order valence-electron chi connectivity index (χ4n) is 2.61. The first-order chi connectivity index (χ1) is 17.4. The number of benzene rings is 1. The number of aromatic amines is 1. The number of aryl methyl sites for hydroxylation is 1. The molecule has 3 N–H and O–H groups in total. The molecular weight excluding hydrogens is 501 g/mol. The summed E-state index contributed by atoms with van der Waals surface area (Å²) in [6, 6.07) is 8.68. The Morgan fingerprint density at radius 2 is 1.84 bits per heavy atom. The van der Waals surface area contributed by atoms with Gasteiger partial charge >= 0.3 is 19.9 Å². The van der Waals surface area contributed by atoms with Crippen molar-refractivity contribution < 1.29 is 27.9 Å². The Morgan fingerprint density at radius 3 is 2.38 bits per heavy atom. The Labute approximate surface area is 216 Å². The van der Waals surface area contributed by atoms with Crippen molar-refractivity contribution in [3.8, 4) is 18.6 Å². The monoisotopic (exact) mass is 534 g/mol. The second kappa shape index (κ2) is 14.9. The number of nitrogens with two attached hydrogens (primary N) is 1. The summed E-state index contributed by atoms with van der Waals surface area (Å²) in [5, 5.41) is 0. The second-order valence-electron chi connectivity index (χ2n) is 8.53. The number of hydrogen-bond acceptors (Lipinski definition) is 9. The highest BCUT2D eigenvalue weighted by atomic mass is 31.1. The predicted octanol–water partition coefficient (Wildman–Crippen LogP) is 2.98. The highest BCUT2D eigenvalue weighted by Crippen LogP contribution is 2.29. The summed E-state index contributed by atoms with van der Waals surface area (Å²) in [5.41, 5.74) is 3.98. The van der Waals surface area contributed by atoms with E-state index in [0.717, 1.165) is 0 Å². The number of nitrogens with one attached hydrogen (secondary N) is 1. The first-order valence-electron chi connectivity index (χ1n) is 11.2. The van der Waals surface area contributed by atoms with Gasteiger partial charge in [0.2, 0.25) is 0 Å². The zero-order valence-electron chi connectivity index (χ0n) is 21.5. The third kappa shape index (κ3) is 10.9. The Balaban J connectivity index is 0.000000483. The molecule has 37 heavy (non-hydrogen) atoms. The van der Waals surface area contributed by atoms with Gasteiger partial charge in [-0.15, -0.1) is 17.4 Å². The number of aromatic nitrogens is 2. The third-order valence-corrected chi connectivity index (χ3v) is 5.08. The molecule has 0 spiro atoms. The Hall–Kier alpha value is -3.55. The molecular formula is C25H33N3O8P+. The van der Waals surface area contributed by atoms with Gasteiger partial charge in [0.15, 0.2) is 12.0 Å². The number of terminal acetylenes is 1. The molecule has 2 aromatic rings. The molecule has 3 rings (SSSR count). The van der Waals surface area contributed by atoms with Crippen LogP contribution in [0.25, 0.3) is 0 Å². The average molecular weight is 535 g/mol. The van der Waals surface area contributed by atoms with E-state index in [2.05, 4.69) is 17.8 Å². The van der Waals surface area contributed by atoms with Crippen molar-refractivity contribution in [2.75, 3.05) is 6.61 Å². The van der Waals surface area contributed by atoms with E-state index in [1.165, 1.54) is 10.8 Å². The van der Waals surface area contributed by atoms with Crippen LogP contribution in [0.15, 0.2) is 58.3 Å². The lowest BCUT2D eigenvalue weighted by atomic mass is 10.1. The van der Waals surface area contributed by atoms with Gasteiger partial charge in [0.05, 0.1) is 6.10 Å². The summed E-state index contributed by atoms with van der Waals surface area (Å²) in [5.74, 6) is 0.0853. The summed E-state index contributed by atoms with van der Waals surface area (Å²) in [6.07, 6.45) is 11.6. The zero-order valence-corrected chi connectivity index (χ0v) is 22.3. The molecule has 11 nitrogen and oxygen atoms in total. The minimum atomic E-state index is -2.34. The minimum absolute atomic E-state index is 0.00607. The average Bonchev–Trinajstić information content (AvgIpc) is 3.30. The van der Waals surface area contributed by atoms with Crippen LogP contribution in [-0.4, -0.2) is 39.9 Å². The molecule has 0 bridgehead atoms. The number of para-hydroxylation sites is 1. The minimum Gasteiger partial charge on any atom is -0.462 e. The van der Waals surface area contributed by atoms with Gasteiger partial charge in [0.25, 0.3) is 5.56 Å². The fraction of sp³-hybridized carbons (Fsp3) is 0.400. The van der Waals surface area contributed by atoms with Crippen LogP contribution in [0.5, 0.6) is 5.75 Å². The maximum absolute atomic E-state index is 11.9. The predicted molar refractivity (Wildman–Crippen MR) is 139 cm³/mol. The zero-order chi connectivity index (χ0) is 28.2. The number of rotatable bonds is 8. The summed E-state index contributed by atoms with van der Waals surface area (Å²) < 4.78 is 33.9. The third-order valence-electron chi connectivity index (χ3n) is 4.36. The van der Waals surface area contributed by atoms with E-state index in [0.29, 0.717) is 11.3 Å². The number of H-pyrrole nitrogens is 1. The number of carbonyl (C=O) groups is 1. The van der Waals surface area contributed by atoms with Crippen molar-refractivity contribution in [3.05, 3.63) is 75.1 Å². The van der Waals surface area contributed by atoms with Crippen molar-refractivity contribution in [1.29, 1.82) is 0 Å². The summed E-state index contributed by atoms with van der Waals surface area (Å²) >= 11 is 0. The van der Waals surface area contributed by atoms with Crippen LogP contribution >= 0.6 is 8.25 Å². The first-order valence-corrected chi connectivity index (χ1v) is 12.3. The van der Waals surface area contributed by atoms with Gasteiger partial charge in [0, 0.05) is 16.3 Å². The van der Waals surface area contributed by atoms with Crippen molar-refractivity contribution in [1.82, 2.24) is 9.55 Å². The molecule has 3 atom stereocenters. The lowest BCUT2D eigenvalue weighted by Gasteiger charge is -2.18. The molecule has 0 fully saturated rings. The standard InChI is InChI=1S/C16H15N2O6P.C7H15NO2.C2H2/c1-11-9-18(16(20)17-15(11)19)14-8-7-13(23-14)10-22-25(21)24-12-5-3-2-4-6-12;1-5(2)10-6(9)7(3,4)8;1-2/h2-9,13-14H,10H2,1H3;5H,8H2,1-4H3;1-2H/p+1. The molecule has 1 aliphatic heterocycles. The molecule has 0 saturated heterocycles. The van der Waals surface area contributed by atoms with E-state index in [4.69, 9.17) is 24.3 Å². The molecule has 1 aromatic carbocycles. The van der Waals surface area contributed by atoms with E-state index < -0.39 is 37.4 Å². The Kier molecular flexibility index (Phi) is 12.7. The fourth-order valence-corrected chi connectivity index (χ4v) is 3.23. The number of ether oxygens (including phenoxy) is 2. The van der Waals surface area contributed by atoms with Gasteiger partial charge in [-0.05, 0) is 52.8 Å². The summed E-state index contributed by atoms with van der Waals surface area (Å²) in [4.78, 5) is 36.4. The summed E-state index contributed by atoms with van der Waals surface area (Å²) in [7, 11) is -2.34. The van der Waals surface area contributed by atoms with Gasteiger partial charge in [-0.1, -0.05) is 24.3 Å². The topological polar surface area (TPSA) is 152 Å². The number of hydrogen-bond donors (Lipinski definition) is 2. The SMILES string of the molecule is C#C.CC(C)OC(=O)C(C)(C)N.Cc1cn(C2C=CC(CO[P+](=O)Oc3ccccc3)O2)c(=O)[nH]c1=O. The van der Waals surface area contributed by atoms with E-state index in [1.807, 2.05) is 6.07 Å². The van der Waals surface area contributed by atoms with Crippen LogP contribution < -0.4 is 21.5 Å². The Morgan fingerprint density at radius 1 is 1.22 bits per heavy atom. The molecule has 0 saturated carbocycles. The lowest BCUT2D eigenvalue weighted by molar-refractivity contribution is -0.152. The molecule has 200 valence electrons. The van der Waals surface area contributed by atoms with Crippen molar-refractivity contribution >= 4 is 14.2 Å². The highest BCUT2D eigenvalue weighted by molar-refractivity contribution is 7.33. The second-order valence-corrected chi connectivity index (χ2v) is 9.42. The van der Waals surface area contributed by atoms with Crippen molar-refractivity contribution in [2.45, 2.75) is 58.6 Å². The van der Waals surface area contributed by atoms with Gasteiger partial charge in [-0.2, -0.15) is 0 Å². The van der Waals surface area contributed by atoms with E-state index in [9.17, 15) is 18.9 Å². The number of esters is 1. The number of nitrogens with zero attached hydrogens (tertiary/aromatic N) is 1.